The molecule has 0 radical (unpaired) electrons. The number of hydrogen-bond donors (Lipinski definition) is 1. The fourth-order valence-electron chi connectivity index (χ4n) is 2.60. The molecule has 0 spiro atoms. The van der Waals surface area contributed by atoms with Gasteiger partial charge in [0.2, 0.25) is 0 Å². The van der Waals surface area contributed by atoms with Gasteiger partial charge in [-0.05, 0) is 30.7 Å². The number of aryl methyl sites for hydroxylation is 1. The number of aromatic nitrogens is 2. The van der Waals surface area contributed by atoms with Crippen LogP contribution in [0.15, 0.2) is 47.1 Å². The lowest BCUT2D eigenvalue weighted by Gasteiger charge is -2.09. The van der Waals surface area contributed by atoms with E-state index in [4.69, 9.17) is 9.40 Å². The first kappa shape index (κ1) is 13.9. The molecule has 1 aromatic carbocycles. The Morgan fingerprint density at radius 3 is 2.90 bits per heavy atom. The highest BCUT2D eigenvalue weighted by Crippen LogP contribution is 2.16. The molecule has 3 rings (SSSR count). The summed E-state index contributed by atoms with van der Waals surface area (Å²) in [5, 5.41) is 3.42. The lowest BCUT2D eigenvalue weighted by atomic mass is 10.3. The largest absolute Gasteiger partial charge is 0.468 e. The Bertz CT molecular complexity index is 685. The molecular weight excluding hydrogens is 262 g/mol. The Hall–Kier alpha value is -2.07. The van der Waals surface area contributed by atoms with Gasteiger partial charge in [-0.15, -0.1) is 0 Å². The summed E-state index contributed by atoms with van der Waals surface area (Å²) in [6, 6.07) is 12.3. The van der Waals surface area contributed by atoms with Crippen LogP contribution in [0.25, 0.3) is 11.0 Å². The van der Waals surface area contributed by atoms with Gasteiger partial charge in [-0.1, -0.05) is 19.1 Å². The molecule has 0 atom stereocenters. The Morgan fingerprint density at radius 1 is 1.19 bits per heavy atom. The number of benzene rings is 1. The maximum atomic E-state index is 5.32. The van der Waals surface area contributed by atoms with Gasteiger partial charge in [-0.2, -0.15) is 0 Å². The molecule has 0 saturated carbocycles. The zero-order chi connectivity index (χ0) is 14.5. The van der Waals surface area contributed by atoms with Crippen molar-refractivity contribution in [3.63, 3.8) is 0 Å². The molecule has 0 amide bonds. The zero-order valence-corrected chi connectivity index (χ0v) is 12.4. The van der Waals surface area contributed by atoms with E-state index in [1.807, 2.05) is 18.2 Å². The van der Waals surface area contributed by atoms with Gasteiger partial charge in [0.15, 0.2) is 0 Å². The van der Waals surface area contributed by atoms with Crippen LogP contribution in [0.3, 0.4) is 0 Å². The van der Waals surface area contributed by atoms with Crippen molar-refractivity contribution in [3.05, 3.63) is 54.2 Å². The third-order valence-corrected chi connectivity index (χ3v) is 3.60. The summed E-state index contributed by atoms with van der Waals surface area (Å²) >= 11 is 0. The van der Waals surface area contributed by atoms with Crippen molar-refractivity contribution in [2.24, 2.45) is 0 Å². The monoisotopic (exact) mass is 283 g/mol. The number of para-hydroxylation sites is 2. The van der Waals surface area contributed by atoms with E-state index in [9.17, 15) is 0 Å². The van der Waals surface area contributed by atoms with Gasteiger partial charge < -0.3 is 14.3 Å². The molecular formula is C17H21N3O. The summed E-state index contributed by atoms with van der Waals surface area (Å²) in [5.41, 5.74) is 2.31. The van der Waals surface area contributed by atoms with Crippen LogP contribution in [0.4, 0.5) is 0 Å². The smallest absolute Gasteiger partial charge is 0.117 e. The lowest BCUT2D eigenvalue weighted by Crippen LogP contribution is -2.20. The average molecular weight is 283 g/mol. The number of fused-ring (bicyclic) bond motifs is 1. The molecule has 0 fully saturated rings. The van der Waals surface area contributed by atoms with Gasteiger partial charge in [-0.25, -0.2) is 4.98 Å². The highest BCUT2D eigenvalue weighted by Gasteiger charge is 2.09. The summed E-state index contributed by atoms with van der Waals surface area (Å²) in [6.07, 6.45) is 3.84. The Balaban J connectivity index is 1.68. The van der Waals surface area contributed by atoms with Gasteiger partial charge in [0.1, 0.15) is 11.6 Å². The van der Waals surface area contributed by atoms with Crippen molar-refractivity contribution < 1.29 is 4.42 Å². The van der Waals surface area contributed by atoms with E-state index >= 15 is 0 Å². The number of furan rings is 1. The van der Waals surface area contributed by atoms with Crippen LogP contribution >= 0.6 is 0 Å². The predicted octanol–water partition coefficient (Wildman–Crippen LogP) is 3.37. The predicted molar refractivity (Wildman–Crippen MR) is 84.1 cm³/mol. The fourth-order valence-corrected chi connectivity index (χ4v) is 2.60. The van der Waals surface area contributed by atoms with Crippen LogP contribution in [-0.2, 0) is 19.5 Å². The summed E-state index contributed by atoms with van der Waals surface area (Å²) < 4.78 is 7.65. The fraction of sp³-hybridized carbons (Fsp3) is 0.353. The third kappa shape index (κ3) is 3.16. The minimum Gasteiger partial charge on any atom is -0.468 e. The molecule has 4 nitrogen and oxygen atoms in total. The van der Waals surface area contributed by atoms with Crippen molar-refractivity contribution >= 4 is 11.0 Å². The first-order valence-electron chi connectivity index (χ1n) is 7.55. The SMILES string of the molecule is CCCc1nc2ccccc2n1CCNCc1ccco1. The first-order valence-corrected chi connectivity index (χ1v) is 7.55. The number of nitrogens with one attached hydrogen (secondary N) is 1. The second-order valence-corrected chi connectivity index (χ2v) is 5.17. The van der Waals surface area contributed by atoms with Crippen molar-refractivity contribution in [3.8, 4) is 0 Å². The van der Waals surface area contributed by atoms with E-state index in [0.717, 1.165) is 43.8 Å². The van der Waals surface area contributed by atoms with E-state index in [1.54, 1.807) is 6.26 Å². The molecule has 21 heavy (non-hydrogen) atoms. The maximum Gasteiger partial charge on any atom is 0.117 e. The van der Waals surface area contributed by atoms with Crippen LogP contribution in [0.5, 0.6) is 0 Å². The van der Waals surface area contributed by atoms with E-state index in [2.05, 4.69) is 35.0 Å². The second kappa shape index (κ2) is 6.59. The van der Waals surface area contributed by atoms with Crippen LogP contribution < -0.4 is 5.32 Å². The standard InChI is InChI=1S/C17H21N3O/c1-2-6-17-19-15-8-3-4-9-16(15)20(17)11-10-18-13-14-7-5-12-21-14/h3-5,7-9,12,18H,2,6,10-11,13H2,1H3. The molecule has 110 valence electrons. The molecule has 3 aromatic rings. The number of hydrogen-bond acceptors (Lipinski definition) is 3. The van der Waals surface area contributed by atoms with Crippen LogP contribution in [0, 0.1) is 0 Å². The maximum absolute atomic E-state index is 5.32. The second-order valence-electron chi connectivity index (χ2n) is 5.17. The zero-order valence-electron chi connectivity index (χ0n) is 12.4. The van der Waals surface area contributed by atoms with Crippen LogP contribution in [0.1, 0.15) is 24.9 Å². The van der Waals surface area contributed by atoms with Crippen molar-refractivity contribution in [1.82, 2.24) is 14.9 Å². The Morgan fingerprint density at radius 2 is 2.10 bits per heavy atom. The molecule has 0 bridgehead atoms. The number of rotatable bonds is 7. The summed E-state index contributed by atoms with van der Waals surface area (Å²) in [6.45, 7) is 4.79. The molecule has 4 heteroatoms. The average Bonchev–Trinajstić information content (AvgIpc) is 3.12. The number of nitrogens with zero attached hydrogens (tertiary/aromatic N) is 2. The van der Waals surface area contributed by atoms with Crippen molar-refractivity contribution in [2.45, 2.75) is 32.9 Å². The highest BCUT2D eigenvalue weighted by molar-refractivity contribution is 5.75. The molecule has 0 saturated heterocycles. The van der Waals surface area contributed by atoms with Gasteiger partial charge in [0.05, 0.1) is 23.8 Å². The molecule has 2 aromatic heterocycles. The molecule has 0 unspecified atom stereocenters. The normalized spacial score (nSPS) is 11.3. The van der Waals surface area contributed by atoms with Crippen molar-refractivity contribution in [1.29, 1.82) is 0 Å². The van der Waals surface area contributed by atoms with Crippen molar-refractivity contribution in [2.75, 3.05) is 6.54 Å². The van der Waals surface area contributed by atoms with Gasteiger partial charge in [0, 0.05) is 19.5 Å². The highest BCUT2D eigenvalue weighted by atomic mass is 16.3. The Kier molecular flexibility index (Phi) is 4.36. The molecule has 0 aliphatic heterocycles. The van der Waals surface area contributed by atoms with Crippen LogP contribution in [0.2, 0.25) is 0 Å². The summed E-state index contributed by atoms with van der Waals surface area (Å²) in [5.74, 6) is 2.15. The van der Waals surface area contributed by atoms with E-state index in [0.29, 0.717) is 0 Å². The summed E-state index contributed by atoms with van der Waals surface area (Å²) in [4.78, 5) is 4.75. The minimum absolute atomic E-state index is 0.767. The molecule has 0 aliphatic carbocycles. The molecule has 0 aliphatic rings. The number of imidazole rings is 1. The van der Waals surface area contributed by atoms with E-state index < -0.39 is 0 Å². The van der Waals surface area contributed by atoms with Gasteiger partial charge in [-0.3, -0.25) is 0 Å². The minimum atomic E-state index is 0.767. The van der Waals surface area contributed by atoms with Crippen LogP contribution in [-0.4, -0.2) is 16.1 Å². The lowest BCUT2D eigenvalue weighted by molar-refractivity contribution is 0.475. The quantitative estimate of drug-likeness (QED) is 0.676. The Labute approximate surface area is 124 Å². The van der Waals surface area contributed by atoms with E-state index in [-0.39, 0.29) is 0 Å². The third-order valence-electron chi connectivity index (χ3n) is 3.60. The first-order chi connectivity index (χ1) is 10.4. The summed E-state index contributed by atoms with van der Waals surface area (Å²) in [7, 11) is 0. The van der Waals surface area contributed by atoms with Gasteiger partial charge >= 0.3 is 0 Å². The topological polar surface area (TPSA) is 43.0 Å². The van der Waals surface area contributed by atoms with Gasteiger partial charge in [0.25, 0.3) is 0 Å². The molecule has 2 heterocycles. The van der Waals surface area contributed by atoms with E-state index in [1.165, 1.54) is 11.3 Å². The molecule has 1 N–H and O–H groups in total.